The van der Waals surface area contributed by atoms with Crippen LogP contribution in [0.25, 0.3) is 0 Å². The van der Waals surface area contributed by atoms with Gasteiger partial charge in [-0.3, -0.25) is 0 Å². The second kappa shape index (κ2) is 6.41. The third-order valence-electron chi connectivity index (χ3n) is 3.09. The lowest BCUT2D eigenvalue weighted by atomic mass is 10.2. The van der Waals surface area contributed by atoms with Gasteiger partial charge in [-0.15, -0.1) is 0 Å². The lowest BCUT2D eigenvalue weighted by molar-refractivity contribution is 0.297. The quantitative estimate of drug-likeness (QED) is 0.861. The Balaban J connectivity index is 1.75. The van der Waals surface area contributed by atoms with E-state index in [1.807, 2.05) is 18.2 Å². The Bertz CT molecular complexity index is 632. The van der Waals surface area contributed by atoms with Gasteiger partial charge in [0.15, 0.2) is 11.5 Å². The minimum absolute atomic E-state index is 0.471. The third-order valence-corrected chi connectivity index (χ3v) is 3.59. The fraction of sp³-hybridized carbons (Fsp3) is 0.267. The monoisotopic (exact) mass is 324 g/mol. The molecule has 0 amide bonds. The van der Waals surface area contributed by atoms with E-state index in [-0.39, 0.29) is 0 Å². The maximum absolute atomic E-state index is 6.26. The van der Waals surface area contributed by atoms with Gasteiger partial charge >= 0.3 is 0 Å². The molecule has 0 spiro atoms. The van der Waals surface area contributed by atoms with Crippen LogP contribution in [-0.4, -0.2) is 18.2 Å². The summed E-state index contributed by atoms with van der Waals surface area (Å²) in [6.07, 6.45) is 2.54. The van der Waals surface area contributed by atoms with E-state index in [0.717, 1.165) is 17.7 Å². The highest BCUT2D eigenvalue weighted by Gasteiger charge is 2.15. The van der Waals surface area contributed by atoms with Crippen LogP contribution in [0.5, 0.6) is 11.5 Å². The van der Waals surface area contributed by atoms with E-state index >= 15 is 0 Å². The third kappa shape index (κ3) is 3.52. The number of pyridine rings is 1. The molecule has 1 aromatic heterocycles. The van der Waals surface area contributed by atoms with Crippen molar-refractivity contribution < 1.29 is 9.47 Å². The number of anilines is 1. The fourth-order valence-electron chi connectivity index (χ4n) is 2.07. The van der Waals surface area contributed by atoms with Crippen LogP contribution in [-0.2, 0) is 6.54 Å². The Labute approximate surface area is 133 Å². The van der Waals surface area contributed by atoms with Crippen molar-refractivity contribution in [1.82, 2.24) is 4.98 Å². The molecule has 0 saturated carbocycles. The van der Waals surface area contributed by atoms with Gasteiger partial charge in [0.2, 0.25) is 0 Å². The van der Waals surface area contributed by atoms with Crippen LogP contribution in [0.1, 0.15) is 12.0 Å². The molecule has 4 nitrogen and oxygen atoms in total. The number of aromatic nitrogens is 1. The molecular weight excluding hydrogens is 311 g/mol. The Morgan fingerprint density at radius 3 is 2.81 bits per heavy atom. The summed E-state index contributed by atoms with van der Waals surface area (Å²) in [6, 6.07) is 7.44. The first-order valence-electron chi connectivity index (χ1n) is 6.66. The zero-order chi connectivity index (χ0) is 14.7. The molecule has 0 fully saturated rings. The van der Waals surface area contributed by atoms with Gasteiger partial charge in [-0.25, -0.2) is 4.98 Å². The zero-order valence-corrected chi connectivity index (χ0v) is 12.7. The van der Waals surface area contributed by atoms with Crippen LogP contribution >= 0.6 is 23.2 Å². The van der Waals surface area contributed by atoms with Crippen molar-refractivity contribution in [1.29, 1.82) is 0 Å². The molecule has 0 bridgehead atoms. The predicted octanol–water partition coefficient (Wildman–Crippen LogP) is 4.16. The highest BCUT2D eigenvalue weighted by Crippen LogP contribution is 2.38. The Morgan fingerprint density at radius 2 is 2.00 bits per heavy atom. The fourth-order valence-corrected chi connectivity index (χ4v) is 2.47. The van der Waals surface area contributed by atoms with Crippen molar-refractivity contribution in [3.05, 3.63) is 46.2 Å². The maximum Gasteiger partial charge on any atom is 0.179 e. The molecule has 21 heavy (non-hydrogen) atoms. The van der Waals surface area contributed by atoms with Gasteiger partial charge in [0.25, 0.3) is 0 Å². The second-order valence-corrected chi connectivity index (χ2v) is 5.47. The number of halogens is 2. The molecule has 1 aromatic carbocycles. The summed E-state index contributed by atoms with van der Waals surface area (Å²) in [5, 5.41) is 4.30. The number of ether oxygens (including phenoxy) is 2. The molecule has 1 N–H and O–H groups in total. The van der Waals surface area contributed by atoms with Gasteiger partial charge in [0.1, 0.15) is 5.15 Å². The lowest BCUT2D eigenvalue weighted by Gasteiger charge is -2.12. The number of nitrogens with one attached hydrogen (secondary N) is 1. The molecule has 110 valence electrons. The number of rotatable bonds is 3. The number of nitrogens with zero attached hydrogens (tertiary/aromatic N) is 1. The topological polar surface area (TPSA) is 43.4 Å². The van der Waals surface area contributed by atoms with Crippen molar-refractivity contribution in [3.63, 3.8) is 0 Å². The average molecular weight is 325 g/mol. The first-order chi connectivity index (χ1) is 10.2. The molecule has 3 rings (SSSR count). The SMILES string of the molecule is Clc1ccc(NCc2cc(Cl)c3c(c2)OCCCO3)cn1. The van der Waals surface area contributed by atoms with Crippen molar-refractivity contribution >= 4 is 28.9 Å². The van der Waals surface area contributed by atoms with E-state index in [1.54, 1.807) is 12.3 Å². The predicted molar refractivity (Wildman–Crippen MR) is 83.6 cm³/mol. The van der Waals surface area contributed by atoms with Crippen LogP contribution < -0.4 is 14.8 Å². The summed E-state index contributed by atoms with van der Waals surface area (Å²) in [6.45, 7) is 1.88. The van der Waals surface area contributed by atoms with Gasteiger partial charge in [-0.1, -0.05) is 23.2 Å². The van der Waals surface area contributed by atoms with Crippen LogP contribution in [0.2, 0.25) is 10.2 Å². The molecule has 1 aliphatic rings. The van der Waals surface area contributed by atoms with Crippen LogP contribution in [0.15, 0.2) is 30.5 Å². The Kier molecular flexibility index (Phi) is 4.36. The normalized spacial score (nSPS) is 13.6. The number of benzene rings is 1. The summed E-state index contributed by atoms with van der Waals surface area (Å²) in [5.41, 5.74) is 1.90. The summed E-state index contributed by atoms with van der Waals surface area (Å²) >= 11 is 12.0. The molecule has 2 heterocycles. The minimum Gasteiger partial charge on any atom is -0.489 e. The van der Waals surface area contributed by atoms with Crippen molar-refractivity contribution in [2.24, 2.45) is 0 Å². The van der Waals surface area contributed by atoms with Crippen LogP contribution in [0, 0.1) is 0 Å². The lowest BCUT2D eigenvalue weighted by Crippen LogP contribution is -2.01. The molecule has 2 aromatic rings. The minimum atomic E-state index is 0.471. The average Bonchev–Trinajstić information content (AvgIpc) is 2.72. The summed E-state index contributed by atoms with van der Waals surface area (Å²) in [4.78, 5) is 4.02. The zero-order valence-electron chi connectivity index (χ0n) is 11.2. The molecule has 1 aliphatic heterocycles. The summed E-state index contributed by atoms with van der Waals surface area (Å²) in [5.74, 6) is 1.33. The number of hydrogen-bond donors (Lipinski definition) is 1. The van der Waals surface area contributed by atoms with E-state index in [9.17, 15) is 0 Å². The van der Waals surface area contributed by atoms with E-state index in [2.05, 4.69) is 10.3 Å². The van der Waals surface area contributed by atoms with Gasteiger partial charge in [-0.05, 0) is 29.8 Å². The van der Waals surface area contributed by atoms with Crippen molar-refractivity contribution in [3.8, 4) is 11.5 Å². The van der Waals surface area contributed by atoms with Gasteiger partial charge < -0.3 is 14.8 Å². The van der Waals surface area contributed by atoms with E-state index in [4.69, 9.17) is 32.7 Å². The number of hydrogen-bond acceptors (Lipinski definition) is 4. The molecule has 0 aliphatic carbocycles. The van der Waals surface area contributed by atoms with Crippen LogP contribution in [0.4, 0.5) is 5.69 Å². The first-order valence-corrected chi connectivity index (χ1v) is 7.41. The van der Waals surface area contributed by atoms with Gasteiger partial charge in [0, 0.05) is 13.0 Å². The van der Waals surface area contributed by atoms with E-state index < -0.39 is 0 Å². The second-order valence-electron chi connectivity index (χ2n) is 4.68. The van der Waals surface area contributed by atoms with Crippen LogP contribution in [0.3, 0.4) is 0 Å². The van der Waals surface area contributed by atoms with Crippen molar-refractivity contribution in [2.75, 3.05) is 18.5 Å². The Morgan fingerprint density at radius 1 is 1.14 bits per heavy atom. The molecule has 6 heteroatoms. The Hall–Kier alpha value is -1.65. The van der Waals surface area contributed by atoms with E-state index in [1.165, 1.54) is 0 Å². The molecule has 0 radical (unpaired) electrons. The standard InChI is InChI=1S/C15H14Cl2N2O2/c16-12-6-10(7-13-15(12)21-5-1-4-20-13)8-18-11-2-3-14(17)19-9-11/h2-3,6-7,9,18H,1,4-5,8H2. The molecule has 0 atom stereocenters. The highest BCUT2D eigenvalue weighted by atomic mass is 35.5. The largest absolute Gasteiger partial charge is 0.489 e. The first kappa shape index (κ1) is 14.3. The maximum atomic E-state index is 6.26. The molecule has 0 unspecified atom stereocenters. The van der Waals surface area contributed by atoms with Gasteiger partial charge in [-0.2, -0.15) is 0 Å². The van der Waals surface area contributed by atoms with E-state index in [0.29, 0.717) is 41.4 Å². The molecular formula is C15H14Cl2N2O2. The number of fused-ring (bicyclic) bond motifs is 1. The highest BCUT2D eigenvalue weighted by molar-refractivity contribution is 6.32. The van der Waals surface area contributed by atoms with Crippen molar-refractivity contribution in [2.45, 2.75) is 13.0 Å². The summed E-state index contributed by atoms with van der Waals surface area (Å²) in [7, 11) is 0. The van der Waals surface area contributed by atoms with Gasteiger partial charge in [0.05, 0.1) is 30.1 Å². The smallest absolute Gasteiger partial charge is 0.179 e. The molecule has 0 saturated heterocycles. The summed E-state index contributed by atoms with van der Waals surface area (Å²) < 4.78 is 11.3.